The van der Waals surface area contributed by atoms with Gasteiger partial charge in [-0.3, -0.25) is 4.79 Å². The Kier molecular flexibility index (Phi) is 3.18. The minimum Gasteiger partial charge on any atom is -0.378 e. The van der Waals surface area contributed by atoms with Crippen molar-refractivity contribution in [3.8, 4) is 0 Å². The number of fused-ring (bicyclic) bond motifs is 1. The van der Waals surface area contributed by atoms with E-state index in [1.54, 1.807) is 0 Å². The topological polar surface area (TPSA) is 38.3 Å². The van der Waals surface area contributed by atoms with Crippen LogP contribution in [0.5, 0.6) is 0 Å². The largest absolute Gasteiger partial charge is 0.378 e. The zero-order valence-electron chi connectivity index (χ0n) is 10.7. The Morgan fingerprint density at radius 1 is 1.33 bits per heavy atom. The van der Waals surface area contributed by atoms with E-state index < -0.39 is 0 Å². The highest BCUT2D eigenvalue weighted by Crippen LogP contribution is 2.36. The van der Waals surface area contributed by atoms with Crippen molar-refractivity contribution < 1.29 is 9.53 Å². The van der Waals surface area contributed by atoms with Crippen LogP contribution < -0.4 is 5.32 Å². The summed E-state index contributed by atoms with van der Waals surface area (Å²) in [7, 11) is 0. The molecule has 1 saturated heterocycles. The first-order valence-electron chi connectivity index (χ1n) is 6.71. The zero-order valence-corrected chi connectivity index (χ0v) is 10.7. The van der Waals surface area contributed by atoms with Crippen molar-refractivity contribution in [1.82, 2.24) is 5.32 Å². The van der Waals surface area contributed by atoms with E-state index in [9.17, 15) is 4.79 Å². The fourth-order valence-electron chi connectivity index (χ4n) is 3.16. The summed E-state index contributed by atoms with van der Waals surface area (Å²) >= 11 is 0. The number of carbonyl (C=O) groups is 1. The summed E-state index contributed by atoms with van der Waals surface area (Å²) in [5.41, 5.74) is 2.11. The molecular weight excluding hydrogens is 226 g/mol. The predicted octanol–water partition coefficient (Wildman–Crippen LogP) is 1.98. The molecule has 0 spiro atoms. The van der Waals surface area contributed by atoms with Gasteiger partial charge in [0.1, 0.15) is 0 Å². The van der Waals surface area contributed by atoms with Crippen LogP contribution in [0.4, 0.5) is 0 Å². The predicted molar refractivity (Wildman–Crippen MR) is 69.9 cm³/mol. The van der Waals surface area contributed by atoms with Gasteiger partial charge in [-0.05, 0) is 17.9 Å². The van der Waals surface area contributed by atoms with Crippen molar-refractivity contribution >= 4 is 5.78 Å². The van der Waals surface area contributed by atoms with Crippen LogP contribution in [0.15, 0.2) is 24.3 Å². The van der Waals surface area contributed by atoms with E-state index in [0.717, 1.165) is 25.1 Å². The Hall–Kier alpha value is -1.19. The second-order valence-corrected chi connectivity index (χ2v) is 5.33. The average molecular weight is 245 g/mol. The molecule has 0 bridgehead atoms. The van der Waals surface area contributed by atoms with Gasteiger partial charge in [-0.15, -0.1) is 0 Å². The molecule has 96 valence electrons. The van der Waals surface area contributed by atoms with E-state index in [2.05, 4.69) is 18.3 Å². The highest BCUT2D eigenvalue weighted by molar-refractivity contribution is 6.01. The summed E-state index contributed by atoms with van der Waals surface area (Å²) in [6, 6.07) is 8.20. The molecule has 1 aliphatic carbocycles. The minimum absolute atomic E-state index is 0.0650. The number of morpholine rings is 1. The van der Waals surface area contributed by atoms with E-state index in [-0.39, 0.29) is 17.7 Å². The smallest absolute Gasteiger partial charge is 0.167 e. The third kappa shape index (κ3) is 1.98. The van der Waals surface area contributed by atoms with Gasteiger partial charge in [0.15, 0.2) is 5.78 Å². The Morgan fingerprint density at radius 2 is 2.17 bits per heavy atom. The van der Waals surface area contributed by atoms with Crippen molar-refractivity contribution in [2.75, 3.05) is 19.8 Å². The summed E-state index contributed by atoms with van der Waals surface area (Å²) < 4.78 is 5.49. The highest BCUT2D eigenvalue weighted by Gasteiger charge is 2.36. The SMILES string of the molecule is CC1CC(C2COCCN2)C(=O)c2ccccc21. The second-order valence-electron chi connectivity index (χ2n) is 5.33. The summed E-state index contributed by atoms with van der Waals surface area (Å²) in [5.74, 6) is 0.800. The Bertz CT molecular complexity index is 452. The van der Waals surface area contributed by atoms with Crippen LogP contribution in [0.3, 0.4) is 0 Å². The van der Waals surface area contributed by atoms with Crippen molar-refractivity contribution in [3.05, 3.63) is 35.4 Å². The van der Waals surface area contributed by atoms with E-state index in [0.29, 0.717) is 12.5 Å². The molecule has 1 fully saturated rings. The summed E-state index contributed by atoms with van der Waals surface area (Å²) in [4.78, 5) is 12.6. The number of benzene rings is 1. The molecule has 1 aromatic rings. The van der Waals surface area contributed by atoms with Crippen molar-refractivity contribution in [2.24, 2.45) is 5.92 Å². The number of rotatable bonds is 1. The quantitative estimate of drug-likeness (QED) is 0.822. The lowest BCUT2D eigenvalue weighted by Gasteiger charge is -2.35. The number of carbonyl (C=O) groups excluding carboxylic acids is 1. The lowest BCUT2D eigenvalue weighted by atomic mass is 9.74. The molecule has 3 atom stereocenters. The number of hydrogen-bond acceptors (Lipinski definition) is 3. The van der Waals surface area contributed by atoms with Gasteiger partial charge in [0.25, 0.3) is 0 Å². The molecule has 2 aliphatic rings. The third-order valence-electron chi connectivity index (χ3n) is 4.14. The molecule has 3 unspecified atom stereocenters. The molecule has 3 heteroatoms. The molecule has 0 amide bonds. The average Bonchev–Trinajstić information content (AvgIpc) is 2.44. The molecule has 0 radical (unpaired) electrons. The number of ether oxygens (including phenoxy) is 1. The molecule has 1 N–H and O–H groups in total. The van der Waals surface area contributed by atoms with Crippen LogP contribution in [-0.4, -0.2) is 31.6 Å². The Labute approximate surface area is 108 Å². The first kappa shape index (κ1) is 11.9. The van der Waals surface area contributed by atoms with Crippen molar-refractivity contribution in [1.29, 1.82) is 0 Å². The summed E-state index contributed by atoms with van der Waals surface area (Å²) in [5, 5.41) is 3.42. The van der Waals surface area contributed by atoms with Gasteiger partial charge in [0, 0.05) is 24.1 Å². The van der Waals surface area contributed by atoms with E-state index >= 15 is 0 Å². The second kappa shape index (κ2) is 4.82. The first-order chi connectivity index (χ1) is 8.77. The maximum atomic E-state index is 12.6. The van der Waals surface area contributed by atoms with Crippen LogP contribution in [0, 0.1) is 5.92 Å². The van der Waals surface area contributed by atoms with Gasteiger partial charge in [0.05, 0.1) is 13.2 Å². The van der Waals surface area contributed by atoms with Gasteiger partial charge in [-0.2, -0.15) is 0 Å². The molecule has 0 aromatic heterocycles. The van der Waals surface area contributed by atoms with Gasteiger partial charge >= 0.3 is 0 Å². The van der Waals surface area contributed by atoms with Gasteiger partial charge in [0.2, 0.25) is 0 Å². The standard InChI is InChI=1S/C15H19NO2/c1-10-8-13(14-9-18-7-6-16-14)15(17)12-5-3-2-4-11(10)12/h2-5,10,13-14,16H,6-9H2,1H3. The number of ketones is 1. The maximum Gasteiger partial charge on any atom is 0.167 e. The highest BCUT2D eigenvalue weighted by atomic mass is 16.5. The van der Waals surface area contributed by atoms with Gasteiger partial charge in [-0.25, -0.2) is 0 Å². The van der Waals surface area contributed by atoms with Crippen LogP contribution in [0.25, 0.3) is 0 Å². The molecule has 3 rings (SSSR count). The molecule has 3 nitrogen and oxygen atoms in total. The molecule has 0 saturated carbocycles. The lowest BCUT2D eigenvalue weighted by molar-refractivity contribution is 0.0465. The van der Waals surface area contributed by atoms with Crippen LogP contribution in [0.1, 0.15) is 35.2 Å². The van der Waals surface area contributed by atoms with Gasteiger partial charge < -0.3 is 10.1 Å². The lowest BCUT2D eigenvalue weighted by Crippen LogP contribution is -2.49. The molecule has 1 aromatic carbocycles. The number of hydrogen-bond donors (Lipinski definition) is 1. The summed E-state index contributed by atoms with van der Waals surface area (Å²) in [6.07, 6.45) is 0.927. The fourth-order valence-corrected chi connectivity index (χ4v) is 3.16. The van der Waals surface area contributed by atoms with Crippen LogP contribution in [0.2, 0.25) is 0 Å². The normalized spacial score (nSPS) is 32.1. The minimum atomic E-state index is 0.0650. The zero-order chi connectivity index (χ0) is 12.5. The Balaban J connectivity index is 1.89. The molecule has 1 aliphatic heterocycles. The maximum absolute atomic E-state index is 12.6. The van der Waals surface area contributed by atoms with E-state index in [1.165, 1.54) is 5.56 Å². The van der Waals surface area contributed by atoms with Crippen molar-refractivity contribution in [3.63, 3.8) is 0 Å². The number of nitrogens with one attached hydrogen (secondary N) is 1. The van der Waals surface area contributed by atoms with Crippen LogP contribution >= 0.6 is 0 Å². The molecular formula is C15H19NO2. The number of Topliss-reactive ketones (excluding diaryl/α,β-unsaturated/α-hetero) is 1. The van der Waals surface area contributed by atoms with Gasteiger partial charge in [-0.1, -0.05) is 31.2 Å². The molecule has 18 heavy (non-hydrogen) atoms. The summed E-state index contributed by atoms with van der Waals surface area (Å²) in [6.45, 7) is 4.47. The molecule has 1 heterocycles. The van der Waals surface area contributed by atoms with Crippen LogP contribution in [-0.2, 0) is 4.74 Å². The fraction of sp³-hybridized carbons (Fsp3) is 0.533. The Morgan fingerprint density at radius 3 is 2.94 bits per heavy atom. The van der Waals surface area contributed by atoms with Crippen molar-refractivity contribution in [2.45, 2.75) is 25.3 Å². The monoisotopic (exact) mass is 245 g/mol. The van der Waals surface area contributed by atoms with E-state index in [4.69, 9.17) is 4.74 Å². The first-order valence-corrected chi connectivity index (χ1v) is 6.71. The van der Waals surface area contributed by atoms with E-state index in [1.807, 2.05) is 18.2 Å². The third-order valence-corrected chi connectivity index (χ3v) is 4.14.